The standard InChI is InChI=1S/C12H27N3O8P2/c1-2-13-7-5-11(16)4-3-6-14-12(17)8-15(9-24(18,19)20)10-25(21,22)23/h13H,2-10H2,1H3,(H,14,17)(H2,18,19,20)(H2,21,22,23). The maximum absolute atomic E-state index is 11.7. The van der Waals surface area contributed by atoms with Crippen LogP contribution in [0.25, 0.3) is 0 Å². The average Bonchev–Trinajstić information content (AvgIpc) is 2.40. The summed E-state index contributed by atoms with van der Waals surface area (Å²) in [5.74, 6) is -0.582. The molecular formula is C12H27N3O8P2. The van der Waals surface area contributed by atoms with Crippen LogP contribution in [0.3, 0.4) is 0 Å². The Morgan fingerprint density at radius 3 is 2.00 bits per heavy atom. The van der Waals surface area contributed by atoms with Gasteiger partial charge in [-0.2, -0.15) is 0 Å². The van der Waals surface area contributed by atoms with Gasteiger partial charge < -0.3 is 30.2 Å². The molecule has 148 valence electrons. The molecule has 0 heterocycles. The van der Waals surface area contributed by atoms with Gasteiger partial charge in [-0.1, -0.05) is 6.92 Å². The Hall–Kier alpha value is -0.640. The maximum Gasteiger partial charge on any atom is 0.339 e. The van der Waals surface area contributed by atoms with Crippen LogP contribution in [0.2, 0.25) is 0 Å². The van der Waals surface area contributed by atoms with Crippen LogP contribution in [0.15, 0.2) is 0 Å². The van der Waals surface area contributed by atoms with E-state index in [1.165, 1.54) is 0 Å². The summed E-state index contributed by atoms with van der Waals surface area (Å²) in [5, 5.41) is 5.48. The second kappa shape index (κ2) is 11.9. The number of nitrogens with zero attached hydrogens (tertiary/aromatic N) is 1. The number of carbonyl (C=O) groups is 2. The third-order valence-corrected chi connectivity index (χ3v) is 4.46. The van der Waals surface area contributed by atoms with E-state index < -0.39 is 40.2 Å². The lowest BCUT2D eigenvalue weighted by Crippen LogP contribution is -2.38. The predicted octanol–water partition coefficient (Wildman–Crippen LogP) is -0.976. The molecule has 0 aromatic heterocycles. The summed E-state index contributed by atoms with van der Waals surface area (Å²) in [5.41, 5.74) is 0. The molecule has 0 aromatic carbocycles. The number of ketones is 1. The molecule has 0 bridgehead atoms. The fourth-order valence-electron chi connectivity index (χ4n) is 1.97. The van der Waals surface area contributed by atoms with Crippen molar-refractivity contribution in [2.24, 2.45) is 0 Å². The second-order valence-corrected chi connectivity index (χ2v) is 8.76. The lowest BCUT2D eigenvalue weighted by molar-refractivity contribution is -0.122. The van der Waals surface area contributed by atoms with Crippen LogP contribution in [0, 0.1) is 0 Å². The van der Waals surface area contributed by atoms with Crippen molar-refractivity contribution >= 4 is 26.9 Å². The van der Waals surface area contributed by atoms with Gasteiger partial charge in [0.2, 0.25) is 5.91 Å². The van der Waals surface area contributed by atoms with E-state index in [1.807, 2.05) is 6.92 Å². The van der Waals surface area contributed by atoms with E-state index in [1.54, 1.807) is 0 Å². The van der Waals surface area contributed by atoms with Gasteiger partial charge in [-0.15, -0.1) is 0 Å². The van der Waals surface area contributed by atoms with E-state index in [4.69, 9.17) is 19.6 Å². The minimum atomic E-state index is -4.57. The molecule has 0 aliphatic rings. The Morgan fingerprint density at radius 2 is 1.52 bits per heavy atom. The summed E-state index contributed by atoms with van der Waals surface area (Å²) >= 11 is 0. The minimum absolute atomic E-state index is 0.0554. The van der Waals surface area contributed by atoms with E-state index >= 15 is 0 Å². The van der Waals surface area contributed by atoms with Gasteiger partial charge in [0.05, 0.1) is 6.54 Å². The van der Waals surface area contributed by atoms with Gasteiger partial charge in [-0.05, 0) is 13.0 Å². The number of rotatable bonds is 14. The molecule has 0 aromatic rings. The zero-order chi connectivity index (χ0) is 19.5. The number of nitrogens with one attached hydrogen (secondary N) is 2. The molecule has 0 atom stereocenters. The van der Waals surface area contributed by atoms with Crippen molar-refractivity contribution in [2.45, 2.75) is 26.2 Å². The maximum atomic E-state index is 11.7. The van der Waals surface area contributed by atoms with Crippen LogP contribution in [0.4, 0.5) is 0 Å². The summed E-state index contributed by atoms with van der Waals surface area (Å²) < 4.78 is 22.0. The molecule has 1 amide bonds. The third-order valence-electron chi connectivity index (χ3n) is 2.92. The fourth-order valence-corrected chi connectivity index (χ4v) is 3.57. The minimum Gasteiger partial charge on any atom is -0.355 e. The SMILES string of the molecule is CCNCCC(=O)CCCNC(=O)CN(CP(=O)(O)O)CP(=O)(O)O. The number of carbonyl (C=O) groups excluding carboxylic acids is 2. The average molecular weight is 403 g/mol. The highest BCUT2D eigenvalue weighted by molar-refractivity contribution is 7.52. The van der Waals surface area contributed by atoms with Crippen LogP contribution < -0.4 is 10.6 Å². The molecule has 0 saturated carbocycles. The van der Waals surface area contributed by atoms with Crippen molar-refractivity contribution in [3.8, 4) is 0 Å². The smallest absolute Gasteiger partial charge is 0.339 e. The molecule has 0 rings (SSSR count). The van der Waals surface area contributed by atoms with Crippen molar-refractivity contribution in [3.63, 3.8) is 0 Å². The van der Waals surface area contributed by atoms with Crippen molar-refractivity contribution in [2.75, 3.05) is 38.8 Å². The monoisotopic (exact) mass is 403 g/mol. The first kappa shape index (κ1) is 24.4. The van der Waals surface area contributed by atoms with Crippen LogP contribution in [-0.2, 0) is 18.7 Å². The van der Waals surface area contributed by atoms with Crippen molar-refractivity contribution in [1.29, 1.82) is 0 Å². The number of hydrogen-bond donors (Lipinski definition) is 6. The van der Waals surface area contributed by atoms with Crippen LogP contribution in [0.1, 0.15) is 26.2 Å². The van der Waals surface area contributed by atoms with E-state index in [-0.39, 0.29) is 12.3 Å². The molecule has 6 N–H and O–H groups in total. The van der Waals surface area contributed by atoms with E-state index in [9.17, 15) is 18.7 Å². The first-order valence-electron chi connectivity index (χ1n) is 7.73. The summed E-state index contributed by atoms with van der Waals surface area (Å²) in [7, 11) is -9.14. The quantitative estimate of drug-likeness (QED) is 0.156. The largest absolute Gasteiger partial charge is 0.355 e. The zero-order valence-electron chi connectivity index (χ0n) is 14.1. The molecule has 0 saturated heterocycles. The molecule has 0 aliphatic heterocycles. The molecule has 0 unspecified atom stereocenters. The van der Waals surface area contributed by atoms with Gasteiger partial charge >= 0.3 is 15.2 Å². The normalized spacial score (nSPS) is 12.4. The van der Waals surface area contributed by atoms with E-state index in [2.05, 4.69) is 10.6 Å². The Morgan fingerprint density at radius 1 is 0.960 bits per heavy atom. The van der Waals surface area contributed by atoms with Gasteiger partial charge in [0.1, 0.15) is 18.4 Å². The van der Waals surface area contributed by atoms with Crippen molar-refractivity contribution < 1.29 is 38.3 Å². The highest BCUT2D eigenvalue weighted by Gasteiger charge is 2.27. The predicted molar refractivity (Wildman–Crippen MR) is 90.9 cm³/mol. The first-order valence-corrected chi connectivity index (χ1v) is 11.3. The lowest BCUT2D eigenvalue weighted by Gasteiger charge is -2.22. The Balaban J connectivity index is 4.19. The summed E-state index contributed by atoms with van der Waals surface area (Å²) in [6, 6.07) is 0. The van der Waals surface area contributed by atoms with Crippen LogP contribution in [-0.4, -0.2) is 74.9 Å². The van der Waals surface area contributed by atoms with Crippen molar-refractivity contribution in [1.82, 2.24) is 15.5 Å². The topological polar surface area (TPSA) is 176 Å². The number of hydrogen-bond acceptors (Lipinski definition) is 6. The molecular weight excluding hydrogens is 376 g/mol. The van der Waals surface area contributed by atoms with Crippen LogP contribution in [0.5, 0.6) is 0 Å². The van der Waals surface area contributed by atoms with Gasteiger partial charge in [-0.3, -0.25) is 23.6 Å². The molecule has 13 heteroatoms. The van der Waals surface area contributed by atoms with Crippen LogP contribution >= 0.6 is 15.2 Å². The Labute approximate surface area is 146 Å². The first-order chi connectivity index (χ1) is 11.4. The molecule has 25 heavy (non-hydrogen) atoms. The van der Waals surface area contributed by atoms with E-state index in [0.29, 0.717) is 30.7 Å². The summed E-state index contributed by atoms with van der Waals surface area (Å²) in [6.45, 7) is 2.93. The Kier molecular flexibility index (Phi) is 11.6. The number of amides is 1. The van der Waals surface area contributed by atoms with Crippen molar-refractivity contribution in [3.05, 3.63) is 0 Å². The Bertz CT molecular complexity index is 494. The third kappa shape index (κ3) is 16.6. The molecule has 0 aliphatic carbocycles. The fraction of sp³-hybridized carbons (Fsp3) is 0.833. The molecule has 11 nitrogen and oxygen atoms in total. The molecule has 0 fully saturated rings. The van der Waals surface area contributed by atoms with Gasteiger partial charge in [-0.25, -0.2) is 0 Å². The molecule has 0 radical (unpaired) electrons. The van der Waals surface area contributed by atoms with E-state index in [0.717, 1.165) is 6.54 Å². The highest BCUT2D eigenvalue weighted by atomic mass is 31.2. The van der Waals surface area contributed by atoms with Gasteiger partial charge in [0.25, 0.3) is 0 Å². The summed E-state index contributed by atoms with van der Waals surface area (Å²) in [4.78, 5) is 59.6. The lowest BCUT2D eigenvalue weighted by atomic mass is 10.1. The number of Topliss-reactive ketones (excluding diaryl/α,β-unsaturated/α-hetero) is 1. The van der Waals surface area contributed by atoms with Gasteiger partial charge in [0, 0.05) is 25.9 Å². The summed E-state index contributed by atoms with van der Waals surface area (Å²) in [6.07, 6.45) is -0.767. The highest BCUT2D eigenvalue weighted by Crippen LogP contribution is 2.40. The second-order valence-electron chi connectivity index (χ2n) is 5.54. The zero-order valence-corrected chi connectivity index (χ0v) is 15.9. The van der Waals surface area contributed by atoms with Gasteiger partial charge in [0.15, 0.2) is 0 Å². The molecule has 0 spiro atoms.